The summed E-state index contributed by atoms with van der Waals surface area (Å²) in [6.45, 7) is 15.1. The zero-order valence-electron chi connectivity index (χ0n) is 21.7. The fourth-order valence-electron chi connectivity index (χ4n) is 3.79. The van der Waals surface area contributed by atoms with Crippen LogP contribution in [0.2, 0.25) is 18.1 Å². The minimum absolute atomic E-state index is 0.00452. The molecule has 182 valence electrons. The van der Waals surface area contributed by atoms with Crippen LogP contribution in [0.5, 0.6) is 11.5 Å². The average molecular weight is 472 g/mol. The second-order valence-corrected chi connectivity index (χ2v) is 15.0. The molecule has 33 heavy (non-hydrogen) atoms. The topological polar surface area (TPSA) is 56.8 Å². The Bertz CT molecular complexity index is 905. The first kappa shape index (κ1) is 26.9. The molecule has 0 bridgehead atoms. The highest BCUT2D eigenvalue weighted by molar-refractivity contribution is 6.74. The predicted octanol–water partition coefficient (Wildman–Crippen LogP) is 6.14. The van der Waals surface area contributed by atoms with E-state index < -0.39 is 8.32 Å². The molecule has 5 nitrogen and oxygen atoms in total. The van der Waals surface area contributed by atoms with Crippen molar-refractivity contribution in [1.29, 1.82) is 0 Å². The van der Waals surface area contributed by atoms with Crippen molar-refractivity contribution in [3.63, 3.8) is 0 Å². The number of rotatable bonds is 10. The van der Waals surface area contributed by atoms with E-state index in [1.165, 1.54) is 0 Å². The van der Waals surface area contributed by atoms with Crippen LogP contribution in [0.3, 0.4) is 0 Å². The van der Waals surface area contributed by atoms with Crippen molar-refractivity contribution >= 4 is 14.2 Å². The van der Waals surface area contributed by atoms with Gasteiger partial charge in [-0.2, -0.15) is 0 Å². The summed E-state index contributed by atoms with van der Waals surface area (Å²) < 4.78 is 17.2. The first-order valence-electron chi connectivity index (χ1n) is 11.6. The maximum absolute atomic E-state index is 13.0. The third kappa shape index (κ3) is 7.34. The Balaban J connectivity index is 2.20. The third-order valence-corrected chi connectivity index (χ3v) is 11.2. The molecule has 0 spiro atoms. The average Bonchev–Trinajstić information content (AvgIpc) is 2.73. The molecule has 1 N–H and O–H groups in total. The number of hydrogen-bond donors (Lipinski definition) is 1. The molecule has 0 saturated heterocycles. The van der Waals surface area contributed by atoms with Gasteiger partial charge < -0.3 is 19.2 Å². The van der Waals surface area contributed by atoms with Crippen molar-refractivity contribution in [3.05, 3.63) is 59.7 Å². The van der Waals surface area contributed by atoms with Crippen LogP contribution < -0.4 is 14.8 Å². The van der Waals surface area contributed by atoms with Gasteiger partial charge in [0.25, 0.3) is 0 Å². The van der Waals surface area contributed by atoms with Crippen molar-refractivity contribution in [3.8, 4) is 11.5 Å². The number of nitrogens with one attached hydrogen (secondary N) is 1. The lowest BCUT2D eigenvalue weighted by molar-refractivity contribution is -0.123. The first-order valence-corrected chi connectivity index (χ1v) is 14.5. The summed E-state index contributed by atoms with van der Waals surface area (Å²) >= 11 is 0. The Kier molecular flexibility index (Phi) is 9.15. The lowest BCUT2D eigenvalue weighted by atomic mass is 9.85. The Labute approximate surface area is 201 Å². The summed E-state index contributed by atoms with van der Waals surface area (Å²) in [5.74, 6) is 1.55. The zero-order chi connectivity index (χ0) is 24.8. The SMILES string of the molecule is COc1ccc([C@@H](c2cccc(OC)c2)[C@@H](C)NC(=O)C[C@H](C)O[Si](C)(C)C(C)(C)C)cc1. The smallest absolute Gasteiger partial charge is 0.222 e. The highest BCUT2D eigenvalue weighted by Gasteiger charge is 2.38. The number of benzene rings is 2. The summed E-state index contributed by atoms with van der Waals surface area (Å²) in [6.07, 6.45) is 0.207. The molecular weight excluding hydrogens is 430 g/mol. The third-order valence-electron chi connectivity index (χ3n) is 6.59. The van der Waals surface area contributed by atoms with Gasteiger partial charge in [0.05, 0.1) is 26.7 Å². The molecule has 0 saturated carbocycles. The Morgan fingerprint density at radius 2 is 1.55 bits per heavy atom. The molecule has 6 heteroatoms. The molecular formula is C27H41NO4Si. The lowest BCUT2D eigenvalue weighted by Gasteiger charge is -2.38. The summed E-state index contributed by atoms with van der Waals surface area (Å²) in [5.41, 5.74) is 2.18. The van der Waals surface area contributed by atoms with Crippen LogP contribution in [0.15, 0.2) is 48.5 Å². The van der Waals surface area contributed by atoms with Crippen molar-refractivity contribution in [2.75, 3.05) is 14.2 Å². The fraction of sp³-hybridized carbons (Fsp3) is 0.519. The number of methoxy groups -OCH3 is 2. The van der Waals surface area contributed by atoms with E-state index in [2.05, 4.69) is 57.4 Å². The number of hydrogen-bond acceptors (Lipinski definition) is 4. The molecule has 0 aliphatic heterocycles. The molecule has 1 amide bonds. The van der Waals surface area contributed by atoms with Gasteiger partial charge in [0.15, 0.2) is 8.32 Å². The Morgan fingerprint density at radius 1 is 0.939 bits per heavy atom. The maximum atomic E-state index is 13.0. The van der Waals surface area contributed by atoms with Crippen LogP contribution in [-0.2, 0) is 9.22 Å². The molecule has 0 heterocycles. The molecule has 0 radical (unpaired) electrons. The minimum Gasteiger partial charge on any atom is -0.497 e. The number of amides is 1. The van der Waals surface area contributed by atoms with Crippen LogP contribution in [0.1, 0.15) is 58.1 Å². The maximum Gasteiger partial charge on any atom is 0.222 e. The second kappa shape index (κ2) is 11.2. The van der Waals surface area contributed by atoms with Gasteiger partial charge in [-0.15, -0.1) is 0 Å². The minimum atomic E-state index is -1.93. The molecule has 2 rings (SSSR count). The van der Waals surface area contributed by atoms with Crippen molar-refractivity contribution in [1.82, 2.24) is 5.32 Å². The normalized spacial score (nSPS) is 14.8. The van der Waals surface area contributed by atoms with Gasteiger partial charge in [0, 0.05) is 12.0 Å². The summed E-state index contributed by atoms with van der Waals surface area (Å²) in [7, 11) is 1.39. The Morgan fingerprint density at radius 3 is 2.09 bits per heavy atom. The standard InChI is InChI=1S/C27H41NO4Si/c1-19(32-33(8,9)27(3,4)5)17-25(29)28-20(2)26(21-13-15-23(30-6)16-14-21)22-11-10-12-24(18-22)31-7/h10-16,18-20,26H,17H2,1-9H3,(H,28,29)/t19-,20+,26-/m0/s1. The molecule has 0 aromatic heterocycles. The molecule has 3 atom stereocenters. The monoisotopic (exact) mass is 471 g/mol. The highest BCUT2D eigenvalue weighted by Crippen LogP contribution is 2.37. The number of carbonyl (C=O) groups is 1. The van der Waals surface area contributed by atoms with Crippen LogP contribution in [0.4, 0.5) is 0 Å². The van der Waals surface area contributed by atoms with Gasteiger partial charge >= 0.3 is 0 Å². The van der Waals surface area contributed by atoms with E-state index >= 15 is 0 Å². The number of ether oxygens (including phenoxy) is 2. The quantitative estimate of drug-likeness (QED) is 0.423. The fourth-order valence-corrected chi connectivity index (χ4v) is 5.24. The van der Waals surface area contributed by atoms with Gasteiger partial charge in [-0.05, 0) is 67.4 Å². The van der Waals surface area contributed by atoms with E-state index in [-0.39, 0.29) is 29.0 Å². The lowest BCUT2D eigenvalue weighted by Crippen LogP contribution is -2.45. The molecule has 2 aromatic carbocycles. The van der Waals surface area contributed by atoms with Crippen LogP contribution >= 0.6 is 0 Å². The molecule has 0 fully saturated rings. The summed E-state index contributed by atoms with van der Waals surface area (Å²) in [5, 5.41) is 3.33. The second-order valence-electron chi connectivity index (χ2n) is 10.3. The molecule has 0 aliphatic carbocycles. The predicted molar refractivity (Wildman–Crippen MR) is 138 cm³/mol. The summed E-state index contributed by atoms with van der Waals surface area (Å²) in [6, 6.07) is 15.9. The number of carbonyl (C=O) groups excluding carboxylic acids is 1. The van der Waals surface area contributed by atoms with Gasteiger partial charge in [-0.3, -0.25) is 4.79 Å². The van der Waals surface area contributed by atoms with Crippen LogP contribution in [-0.4, -0.2) is 40.6 Å². The largest absolute Gasteiger partial charge is 0.497 e. The van der Waals surface area contributed by atoms with E-state index in [1.54, 1.807) is 14.2 Å². The van der Waals surface area contributed by atoms with Crippen molar-refractivity contribution < 1.29 is 18.7 Å². The highest BCUT2D eigenvalue weighted by atomic mass is 28.4. The van der Waals surface area contributed by atoms with Gasteiger partial charge in [-0.1, -0.05) is 45.0 Å². The van der Waals surface area contributed by atoms with E-state index in [9.17, 15) is 4.79 Å². The molecule has 0 unspecified atom stereocenters. The van der Waals surface area contributed by atoms with Crippen LogP contribution in [0, 0.1) is 0 Å². The zero-order valence-corrected chi connectivity index (χ0v) is 22.7. The van der Waals surface area contributed by atoms with E-state index in [0.717, 1.165) is 22.6 Å². The van der Waals surface area contributed by atoms with Crippen LogP contribution in [0.25, 0.3) is 0 Å². The van der Waals surface area contributed by atoms with Gasteiger partial charge in [-0.25, -0.2) is 0 Å². The summed E-state index contributed by atoms with van der Waals surface area (Å²) in [4.78, 5) is 13.0. The van der Waals surface area contributed by atoms with E-state index in [0.29, 0.717) is 6.42 Å². The van der Waals surface area contributed by atoms with Gasteiger partial charge in [0.1, 0.15) is 11.5 Å². The van der Waals surface area contributed by atoms with Gasteiger partial charge in [0.2, 0.25) is 5.91 Å². The van der Waals surface area contributed by atoms with E-state index in [4.69, 9.17) is 13.9 Å². The Hall–Kier alpha value is -2.31. The molecule has 0 aliphatic rings. The van der Waals surface area contributed by atoms with Crippen molar-refractivity contribution in [2.45, 2.75) is 77.2 Å². The van der Waals surface area contributed by atoms with E-state index in [1.807, 2.05) is 44.2 Å². The first-order chi connectivity index (χ1) is 15.4. The molecule has 2 aromatic rings. The van der Waals surface area contributed by atoms with Crippen molar-refractivity contribution in [2.24, 2.45) is 0 Å².